The van der Waals surface area contributed by atoms with E-state index in [-0.39, 0.29) is 11.8 Å². The Morgan fingerprint density at radius 3 is 1.92 bits per heavy atom. The van der Waals surface area contributed by atoms with E-state index in [1.165, 1.54) is 0 Å². The van der Waals surface area contributed by atoms with E-state index in [1.54, 1.807) is 0 Å². The average Bonchev–Trinajstić information content (AvgIpc) is 2.70. The lowest BCUT2D eigenvalue weighted by atomic mass is 9.90. The predicted molar refractivity (Wildman–Crippen MR) is 105 cm³/mol. The molecule has 4 aromatic rings. The summed E-state index contributed by atoms with van der Waals surface area (Å²) in [6, 6.07) is 31.3. The second kappa shape index (κ2) is 7.19. The molecule has 4 rings (SSSR count). The summed E-state index contributed by atoms with van der Waals surface area (Å²) in [6.07, 6.45) is 0. The number of fused-ring (bicyclic) bond motifs is 1. The second-order valence-corrected chi connectivity index (χ2v) is 6.13. The van der Waals surface area contributed by atoms with Crippen LogP contribution in [0.4, 0.5) is 5.82 Å². The normalized spacial score (nSPS) is 10.8. The van der Waals surface area contributed by atoms with Crippen molar-refractivity contribution in [1.29, 1.82) is 0 Å². The highest BCUT2D eigenvalue weighted by molar-refractivity contribution is 5.98. The number of pyridine rings is 1. The van der Waals surface area contributed by atoms with Crippen LogP contribution in [0.15, 0.2) is 97.1 Å². The summed E-state index contributed by atoms with van der Waals surface area (Å²) in [5.41, 5.74) is 2.77. The van der Waals surface area contributed by atoms with Gasteiger partial charge in [0.2, 0.25) is 5.91 Å². The number of rotatable bonds is 4. The molecule has 1 amide bonds. The Balaban J connectivity index is 1.68. The summed E-state index contributed by atoms with van der Waals surface area (Å²) in [5.74, 6) is 0.0846. The summed E-state index contributed by atoms with van der Waals surface area (Å²) in [7, 11) is 0. The van der Waals surface area contributed by atoms with E-state index < -0.39 is 0 Å². The molecular weight excluding hydrogens is 320 g/mol. The smallest absolute Gasteiger partial charge is 0.237 e. The molecule has 1 aromatic heterocycles. The Morgan fingerprint density at radius 1 is 0.692 bits per heavy atom. The molecule has 0 unspecified atom stereocenters. The second-order valence-electron chi connectivity index (χ2n) is 6.13. The van der Waals surface area contributed by atoms with E-state index in [1.807, 2.05) is 97.1 Å². The van der Waals surface area contributed by atoms with E-state index in [0.717, 1.165) is 22.0 Å². The number of para-hydroxylation sites is 1. The Hall–Kier alpha value is -3.46. The molecule has 3 nitrogen and oxygen atoms in total. The maximum Gasteiger partial charge on any atom is 0.237 e. The highest BCUT2D eigenvalue weighted by atomic mass is 16.1. The molecule has 0 spiro atoms. The average molecular weight is 338 g/mol. The fourth-order valence-corrected chi connectivity index (χ4v) is 3.12. The number of aromatic nitrogens is 1. The van der Waals surface area contributed by atoms with E-state index in [4.69, 9.17) is 0 Å². The number of amides is 1. The molecule has 0 aliphatic heterocycles. The van der Waals surface area contributed by atoms with Crippen LogP contribution in [0, 0.1) is 0 Å². The van der Waals surface area contributed by atoms with Gasteiger partial charge >= 0.3 is 0 Å². The molecule has 0 aliphatic carbocycles. The highest BCUT2D eigenvalue weighted by Crippen LogP contribution is 2.26. The third-order valence-electron chi connectivity index (χ3n) is 4.38. The fourth-order valence-electron chi connectivity index (χ4n) is 3.12. The number of hydrogen-bond acceptors (Lipinski definition) is 2. The largest absolute Gasteiger partial charge is 0.310 e. The molecular formula is C23H18N2O. The number of nitrogens with one attached hydrogen (secondary N) is 1. The zero-order chi connectivity index (χ0) is 17.8. The van der Waals surface area contributed by atoms with E-state index in [0.29, 0.717) is 5.82 Å². The lowest BCUT2D eigenvalue weighted by Crippen LogP contribution is -2.22. The van der Waals surface area contributed by atoms with Crippen molar-refractivity contribution < 1.29 is 4.79 Å². The van der Waals surface area contributed by atoms with Crippen molar-refractivity contribution in [2.75, 3.05) is 5.32 Å². The molecule has 0 atom stereocenters. The first-order valence-electron chi connectivity index (χ1n) is 8.58. The van der Waals surface area contributed by atoms with Crippen LogP contribution in [0.1, 0.15) is 17.0 Å². The molecule has 0 aliphatic rings. The molecule has 1 N–H and O–H groups in total. The number of anilines is 1. The monoisotopic (exact) mass is 338 g/mol. The highest BCUT2D eigenvalue weighted by Gasteiger charge is 2.22. The standard InChI is InChI=1S/C23H18N2O/c26-23(25-21-16-15-17-9-7-8-14-20(17)24-21)22(18-10-3-1-4-11-18)19-12-5-2-6-13-19/h1-16,22H,(H,24,25,26). The molecule has 0 saturated heterocycles. The first-order valence-corrected chi connectivity index (χ1v) is 8.58. The van der Waals surface area contributed by atoms with Gasteiger partial charge in [-0.1, -0.05) is 78.9 Å². The first-order chi connectivity index (χ1) is 12.8. The molecule has 1 heterocycles. The summed E-state index contributed by atoms with van der Waals surface area (Å²) in [5, 5.41) is 4.03. The maximum absolute atomic E-state index is 13.1. The topological polar surface area (TPSA) is 42.0 Å². The van der Waals surface area contributed by atoms with Crippen LogP contribution in [-0.4, -0.2) is 10.9 Å². The van der Waals surface area contributed by atoms with Gasteiger partial charge in [0.15, 0.2) is 0 Å². The lowest BCUT2D eigenvalue weighted by molar-refractivity contribution is -0.116. The molecule has 0 fully saturated rings. The van der Waals surface area contributed by atoms with Crippen molar-refractivity contribution in [3.63, 3.8) is 0 Å². The summed E-state index contributed by atoms with van der Waals surface area (Å²) < 4.78 is 0. The van der Waals surface area contributed by atoms with Crippen molar-refractivity contribution in [2.45, 2.75) is 5.92 Å². The predicted octanol–water partition coefficient (Wildman–Crippen LogP) is 5.01. The lowest BCUT2D eigenvalue weighted by Gasteiger charge is -2.17. The van der Waals surface area contributed by atoms with Gasteiger partial charge in [-0.15, -0.1) is 0 Å². The van der Waals surface area contributed by atoms with Gasteiger partial charge in [0.05, 0.1) is 11.4 Å². The number of carbonyl (C=O) groups is 1. The summed E-state index contributed by atoms with van der Waals surface area (Å²) in [6.45, 7) is 0. The van der Waals surface area contributed by atoms with Gasteiger partial charge in [-0.2, -0.15) is 0 Å². The van der Waals surface area contributed by atoms with Crippen molar-refractivity contribution in [1.82, 2.24) is 4.98 Å². The van der Waals surface area contributed by atoms with Crippen LogP contribution >= 0.6 is 0 Å². The van der Waals surface area contributed by atoms with Gasteiger partial charge in [0.1, 0.15) is 5.82 Å². The summed E-state index contributed by atoms with van der Waals surface area (Å²) >= 11 is 0. The molecule has 3 heteroatoms. The Morgan fingerprint density at radius 2 is 1.27 bits per heavy atom. The molecule has 3 aromatic carbocycles. The van der Waals surface area contributed by atoms with Gasteiger partial charge in [-0.3, -0.25) is 4.79 Å². The number of benzene rings is 3. The van der Waals surface area contributed by atoms with Crippen LogP contribution in [-0.2, 0) is 4.79 Å². The Labute approximate surface area is 152 Å². The zero-order valence-electron chi connectivity index (χ0n) is 14.2. The molecule has 0 bridgehead atoms. The van der Waals surface area contributed by atoms with Crippen LogP contribution < -0.4 is 5.32 Å². The van der Waals surface area contributed by atoms with Crippen molar-refractivity contribution >= 4 is 22.6 Å². The minimum atomic E-state index is -0.384. The Bertz CT molecular complexity index is 990. The molecule has 126 valence electrons. The SMILES string of the molecule is O=C(Nc1ccc2ccccc2n1)C(c1ccccc1)c1ccccc1. The van der Waals surface area contributed by atoms with Crippen LogP contribution in [0.3, 0.4) is 0 Å². The van der Waals surface area contributed by atoms with Gasteiger partial charge in [0.25, 0.3) is 0 Å². The minimum Gasteiger partial charge on any atom is -0.310 e. The minimum absolute atomic E-state index is 0.0924. The van der Waals surface area contributed by atoms with E-state index >= 15 is 0 Å². The van der Waals surface area contributed by atoms with Gasteiger partial charge in [-0.25, -0.2) is 4.98 Å². The quantitative estimate of drug-likeness (QED) is 0.568. The van der Waals surface area contributed by atoms with Gasteiger partial charge < -0.3 is 5.32 Å². The maximum atomic E-state index is 13.1. The van der Waals surface area contributed by atoms with E-state index in [2.05, 4.69) is 10.3 Å². The number of hydrogen-bond donors (Lipinski definition) is 1. The molecule has 0 radical (unpaired) electrons. The van der Waals surface area contributed by atoms with Gasteiger partial charge in [0, 0.05) is 5.39 Å². The Kier molecular flexibility index (Phi) is 4.44. The van der Waals surface area contributed by atoms with E-state index in [9.17, 15) is 4.79 Å². The van der Waals surface area contributed by atoms with Crippen LogP contribution in [0.2, 0.25) is 0 Å². The summed E-state index contributed by atoms with van der Waals surface area (Å²) in [4.78, 5) is 17.7. The van der Waals surface area contributed by atoms with Crippen molar-refractivity contribution in [2.24, 2.45) is 0 Å². The third kappa shape index (κ3) is 3.33. The number of nitrogens with zero attached hydrogens (tertiary/aromatic N) is 1. The van der Waals surface area contributed by atoms with Crippen LogP contribution in [0.5, 0.6) is 0 Å². The van der Waals surface area contributed by atoms with Gasteiger partial charge in [-0.05, 0) is 29.3 Å². The van der Waals surface area contributed by atoms with Crippen LogP contribution in [0.25, 0.3) is 10.9 Å². The van der Waals surface area contributed by atoms with Crippen molar-refractivity contribution in [3.8, 4) is 0 Å². The first kappa shape index (κ1) is 16.0. The number of carbonyl (C=O) groups excluding carboxylic acids is 1. The third-order valence-corrected chi connectivity index (χ3v) is 4.38. The fraction of sp³-hybridized carbons (Fsp3) is 0.0435. The molecule has 26 heavy (non-hydrogen) atoms. The molecule has 0 saturated carbocycles. The zero-order valence-corrected chi connectivity index (χ0v) is 14.2. The van der Waals surface area contributed by atoms with Crippen molar-refractivity contribution in [3.05, 3.63) is 108 Å².